The second-order valence-electron chi connectivity index (χ2n) is 8.40. The highest BCUT2D eigenvalue weighted by molar-refractivity contribution is 9.10. The first-order valence-corrected chi connectivity index (χ1v) is 13.3. The van der Waals surface area contributed by atoms with Crippen LogP contribution >= 0.6 is 15.9 Å². The van der Waals surface area contributed by atoms with Crippen LogP contribution in [0.3, 0.4) is 0 Å². The van der Waals surface area contributed by atoms with Crippen LogP contribution in [0.15, 0.2) is 33.6 Å². The Labute approximate surface area is 213 Å². The molecule has 0 spiro atoms. The number of ether oxygens (including phenoxy) is 3. The normalized spacial score (nSPS) is 17.5. The molecule has 11 heteroatoms. The summed E-state index contributed by atoms with van der Waals surface area (Å²) >= 11 is 3.43. The van der Waals surface area contributed by atoms with Crippen LogP contribution < -0.4 is 14.4 Å². The lowest BCUT2D eigenvalue weighted by atomic mass is 9.91. The van der Waals surface area contributed by atoms with E-state index < -0.39 is 22.0 Å². The van der Waals surface area contributed by atoms with Gasteiger partial charge in [0.1, 0.15) is 4.90 Å². The Bertz CT molecular complexity index is 1300. The number of nitrogens with zero attached hydrogens (tertiary/aromatic N) is 2. The second kappa shape index (κ2) is 9.79. The lowest BCUT2D eigenvalue weighted by molar-refractivity contribution is -0.141. The fourth-order valence-corrected chi connectivity index (χ4v) is 7.38. The quantitative estimate of drug-likeness (QED) is 0.494. The van der Waals surface area contributed by atoms with Crippen LogP contribution in [-0.4, -0.2) is 59.0 Å². The summed E-state index contributed by atoms with van der Waals surface area (Å²) in [6, 6.07) is 6.08. The summed E-state index contributed by atoms with van der Waals surface area (Å²) in [5.41, 5.74) is 2.70. The minimum absolute atomic E-state index is 0.0355. The predicted molar refractivity (Wildman–Crippen MR) is 132 cm³/mol. The highest BCUT2D eigenvalue weighted by Crippen LogP contribution is 2.45. The molecule has 0 fully saturated rings. The molecule has 0 N–H and O–H groups in total. The highest BCUT2D eigenvalue weighted by Gasteiger charge is 2.41. The fourth-order valence-electron chi connectivity index (χ4n) is 4.85. The van der Waals surface area contributed by atoms with Gasteiger partial charge in [0.25, 0.3) is 0 Å². The molecule has 0 aromatic heterocycles. The first kappa shape index (κ1) is 25.5. The number of carbonyl (C=O) groups excluding carboxylic acids is 2. The first-order chi connectivity index (χ1) is 16.6. The van der Waals surface area contributed by atoms with Crippen molar-refractivity contribution in [3.8, 4) is 11.5 Å². The van der Waals surface area contributed by atoms with Crippen molar-refractivity contribution in [1.82, 2.24) is 4.31 Å². The van der Waals surface area contributed by atoms with Gasteiger partial charge in [-0.1, -0.05) is 15.9 Å². The Hall–Kier alpha value is -2.63. The van der Waals surface area contributed by atoms with Crippen LogP contribution in [0.1, 0.15) is 36.1 Å². The van der Waals surface area contributed by atoms with Gasteiger partial charge in [-0.05, 0) is 53.8 Å². The monoisotopic (exact) mass is 566 g/mol. The number of fused-ring (bicyclic) bond motifs is 2. The third-order valence-electron chi connectivity index (χ3n) is 6.50. The average Bonchev–Trinajstić information content (AvgIpc) is 3.26. The van der Waals surface area contributed by atoms with E-state index >= 15 is 0 Å². The smallest absolute Gasteiger partial charge is 0.307 e. The van der Waals surface area contributed by atoms with Crippen LogP contribution in [0.4, 0.5) is 5.69 Å². The SMILES string of the molecule is COC(=O)CC1c2cc(OC)c(OC)cc2CCN1S(=O)(=O)c1cc(Br)cc2c1N(C(C)=O)CC2. The zero-order valence-electron chi connectivity index (χ0n) is 20.0. The summed E-state index contributed by atoms with van der Waals surface area (Å²) in [6.07, 6.45) is 0.798. The van der Waals surface area contributed by atoms with Crippen molar-refractivity contribution in [3.05, 3.63) is 45.4 Å². The van der Waals surface area contributed by atoms with Gasteiger partial charge in [-0.3, -0.25) is 9.59 Å². The van der Waals surface area contributed by atoms with E-state index in [1.54, 1.807) is 6.07 Å². The molecule has 2 aromatic carbocycles. The Morgan fingerprint density at radius 2 is 1.66 bits per heavy atom. The minimum Gasteiger partial charge on any atom is -0.493 e. The van der Waals surface area contributed by atoms with E-state index in [0.717, 1.165) is 11.1 Å². The third kappa shape index (κ3) is 4.52. The van der Waals surface area contributed by atoms with E-state index in [0.29, 0.717) is 46.6 Å². The summed E-state index contributed by atoms with van der Waals surface area (Å²) in [5, 5.41) is 0. The molecule has 2 aromatic rings. The molecule has 2 heterocycles. The van der Waals surface area contributed by atoms with Crippen molar-refractivity contribution < 1.29 is 32.2 Å². The summed E-state index contributed by atoms with van der Waals surface area (Å²) in [4.78, 5) is 26.2. The maximum atomic E-state index is 14.2. The van der Waals surface area contributed by atoms with E-state index in [2.05, 4.69) is 15.9 Å². The standard InChI is InChI=1S/C24H27BrN2O7S/c1-14(28)26-7-5-16-9-17(25)11-22(24(16)26)35(30,31)27-8-6-15-10-20(32-2)21(33-3)12-18(15)19(27)13-23(29)34-4/h9-12,19H,5-8,13H2,1-4H3. The summed E-state index contributed by atoms with van der Waals surface area (Å²) < 4.78 is 46.1. The maximum Gasteiger partial charge on any atom is 0.307 e. The van der Waals surface area contributed by atoms with Gasteiger partial charge in [-0.2, -0.15) is 4.31 Å². The number of carbonyl (C=O) groups is 2. The van der Waals surface area contributed by atoms with E-state index in [1.165, 1.54) is 43.5 Å². The summed E-state index contributed by atoms with van der Waals surface area (Å²) in [7, 11) is 0.172. The molecule has 0 aliphatic carbocycles. The molecule has 4 rings (SSSR count). The molecule has 35 heavy (non-hydrogen) atoms. The number of hydrogen-bond donors (Lipinski definition) is 0. The summed E-state index contributed by atoms with van der Waals surface area (Å²) in [5.74, 6) is 0.199. The van der Waals surface area contributed by atoms with Gasteiger partial charge < -0.3 is 19.1 Å². The van der Waals surface area contributed by atoms with Crippen molar-refractivity contribution in [1.29, 1.82) is 0 Å². The number of amides is 1. The first-order valence-electron chi connectivity index (χ1n) is 11.1. The molecule has 2 aliphatic heterocycles. The maximum absolute atomic E-state index is 14.2. The lowest BCUT2D eigenvalue weighted by Crippen LogP contribution is -2.41. The van der Waals surface area contributed by atoms with Crippen molar-refractivity contribution in [3.63, 3.8) is 0 Å². The molecule has 1 unspecified atom stereocenters. The van der Waals surface area contributed by atoms with Crippen molar-refractivity contribution >= 4 is 43.5 Å². The molecule has 9 nitrogen and oxygen atoms in total. The molecule has 2 aliphatic rings. The van der Waals surface area contributed by atoms with Crippen molar-refractivity contribution in [2.45, 2.75) is 37.1 Å². The average molecular weight is 567 g/mol. The molecule has 0 radical (unpaired) electrons. The number of hydrogen-bond acceptors (Lipinski definition) is 7. The minimum atomic E-state index is -4.13. The van der Waals surface area contributed by atoms with E-state index in [9.17, 15) is 18.0 Å². The number of esters is 1. The topological polar surface area (TPSA) is 102 Å². The van der Waals surface area contributed by atoms with Crippen molar-refractivity contribution in [2.24, 2.45) is 0 Å². The van der Waals surface area contributed by atoms with Gasteiger partial charge in [0.15, 0.2) is 11.5 Å². The van der Waals surface area contributed by atoms with Gasteiger partial charge in [0.2, 0.25) is 15.9 Å². The number of rotatable bonds is 6. The van der Waals surface area contributed by atoms with Crippen LogP contribution in [-0.2, 0) is 37.2 Å². The highest BCUT2D eigenvalue weighted by atomic mass is 79.9. The number of methoxy groups -OCH3 is 3. The van der Waals surface area contributed by atoms with Gasteiger partial charge in [-0.25, -0.2) is 8.42 Å². The zero-order valence-corrected chi connectivity index (χ0v) is 22.4. The van der Waals surface area contributed by atoms with Gasteiger partial charge >= 0.3 is 5.97 Å². The number of anilines is 1. The Balaban J connectivity index is 1.88. The molecule has 0 bridgehead atoms. The molecule has 0 saturated heterocycles. The van der Waals surface area contributed by atoms with Gasteiger partial charge in [-0.15, -0.1) is 0 Å². The number of sulfonamides is 1. The van der Waals surface area contributed by atoms with E-state index in [4.69, 9.17) is 14.2 Å². The van der Waals surface area contributed by atoms with E-state index in [1.807, 2.05) is 12.1 Å². The zero-order chi connectivity index (χ0) is 25.5. The summed E-state index contributed by atoms with van der Waals surface area (Å²) in [6.45, 7) is 1.98. The fraction of sp³-hybridized carbons (Fsp3) is 0.417. The Kier molecular flexibility index (Phi) is 7.12. The molecular formula is C24H27BrN2O7S. The Morgan fingerprint density at radius 1 is 1.00 bits per heavy atom. The van der Waals surface area contributed by atoms with Crippen molar-refractivity contribution in [2.75, 3.05) is 39.3 Å². The third-order valence-corrected chi connectivity index (χ3v) is 8.88. The largest absolute Gasteiger partial charge is 0.493 e. The molecular weight excluding hydrogens is 540 g/mol. The van der Waals surface area contributed by atoms with Crippen LogP contribution in [0, 0.1) is 0 Å². The molecule has 188 valence electrons. The van der Waals surface area contributed by atoms with Crippen LogP contribution in [0.25, 0.3) is 0 Å². The predicted octanol–water partition coefficient (Wildman–Crippen LogP) is 3.23. The lowest BCUT2D eigenvalue weighted by Gasteiger charge is -2.37. The van der Waals surface area contributed by atoms with Crippen LogP contribution in [0.5, 0.6) is 11.5 Å². The molecule has 1 amide bonds. The number of halogens is 1. The van der Waals surface area contributed by atoms with Gasteiger partial charge in [0, 0.05) is 24.5 Å². The second-order valence-corrected chi connectivity index (χ2v) is 11.2. The molecule has 0 saturated carbocycles. The van der Waals surface area contributed by atoms with Crippen LogP contribution in [0.2, 0.25) is 0 Å². The molecule has 1 atom stereocenters. The number of benzene rings is 2. The van der Waals surface area contributed by atoms with E-state index in [-0.39, 0.29) is 23.8 Å². The Morgan fingerprint density at radius 3 is 2.29 bits per heavy atom. The van der Waals surface area contributed by atoms with Gasteiger partial charge in [0.05, 0.1) is 39.5 Å².